The fraction of sp³-hybridized carbons (Fsp3) is 0.333. The van der Waals surface area contributed by atoms with Crippen molar-refractivity contribution in [2.45, 2.75) is 19.9 Å². The SMILES string of the molecule is Cc1cc(Br)ccc1NC(=O)CN(C)CC(=O)NC(C)c1ccco1. The van der Waals surface area contributed by atoms with Gasteiger partial charge in [-0.2, -0.15) is 0 Å². The molecule has 0 bridgehead atoms. The molecule has 2 N–H and O–H groups in total. The van der Waals surface area contributed by atoms with Gasteiger partial charge in [-0.15, -0.1) is 0 Å². The van der Waals surface area contributed by atoms with Gasteiger partial charge in [0.1, 0.15) is 5.76 Å². The van der Waals surface area contributed by atoms with Gasteiger partial charge in [0.05, 0.1) is 25.4 Å². The maximum absolute atomic E-state index is 12.1. The first-order chi connectivity index (χ1) is 11.8. The number of halogens is 1. The molecule has 1 aromatic heterocycles. The lowest BCUT2D eigenvalue weighted by atomic mass is 10.2. The zero-order valence-electron chi connectivity index (χ0n) is 14.5. The third kappa shape index (κ3) is 6.03. The summed E-state index contributed by atoms with van der Waals surface area (Å²) in [6.07, 6.45) is 1.57. The Balaban J connectivity index is 1.79. The third-order valence-corrected chi connectivity index (χ3v) is 4.13. The Labute approximate surface area is 155 Å². The molecule has 1 aromatic carbocycles. The van der Waals surface area contributed by atoms with E-state index in [4.69, 9.17) is 4.42 Å². The Morgan fingerprint density at radius 3 is 2.60 bits per heavy atom. The highest BCUT2D eigenvalue weighted by Crippen LogP contribution is 2.19. The molecule has 0 aliphatic rings. The zero-order valence-corrected chi connectivity index (χ0v) is 16.1. The molecular weight excluding hydrogens is 386 g/mol. The molecule has 0 fully saturated rings. The lowest BCUT2D eigenvalue weighted by Gasteiger charge is -2.18. The minimum absolute atomic E-state index is 0.123. The van der Waals surface area contributed by atoms with E-state index in [0.29, 0.717) is 5.76 Å². The number of benzene rings is 1. The molecule has 2 amide bonds. The van der Waals surface area contributed by atoms with Crippen LogP contribution >= 0.6 is 15.9 Å². The van der Waals surface area contributed by atoms with Crippen LogP contribution in [-0.4, -0.2) is 36.9 Å². The van der Waals surface area contributed by atoms with E-state index in [1.165, 1.54) is 0 Å². The quantitative estimate of drug-likeness (QED) is 0.739. The van der Waals surface area contributed by atoms with Crippen molar-refractivity contribution in [2.24, 2.45) is 0 Å². The second-order valence-electron chi connectivity index (χ2n) is 5.98. The predicted molar refractivity (Wildman–Crippen MR) is 100 cm³/mol. The number of amides is 2. The van der Waals surface area contributed by atoms with E-state index >= 15 is 0 Å². The summed E-state index contributed by atoms with van der Waals surface area (Å²) >= 11 is 3.39. The number of carbonyl (C=O) groups is 2. The number of hydrogen-bond donors (Lipinski definition) is 2. The maximum Gasteiger partial charge on any atom is 0.238 e. The molecule has 0 aliphatic heterocycles. The summed E-state index contributed by atoms with van der Waals surface area (Å²) in [5.41, 5.74) is 1.73. The topological polar surface area (TPSA) is 74.6 Å². The number of carbonyl (C=O) groups excluding carboxylic acids is 2. The third-order valence-electron chi connectivity index (χ3n) is 3.64. The van der Waals surface area contributed by atoms with E-state index in [0.717, 1.165) is 15.7 Å². The summed E-state index contributed by atoms with van der Waals surface area (Å²) in [4.78, 5) is 25.9. The highest BCUT2D eigenvalue weighted by Gasteiger charge is 2.15. The van der Waals surface area contributed by atoms with Gasteiger partial charge in [0.15, 0.2) is 0 Å². The van der Waals surface area contributed by atoms with Crippen LogP contribution in [0.5, 0.6) is 0 Å². The van der Waals surface area contributed by atoms with Crippen molar-refractivity contribution < 1.29 is 14.0 Å². The van der Waals surface area contributed by atoms with Crippen LogP contribution in [0.15, 0.2) is 45.5 Å². The summed E-state index contributed by atoms with van der Waals surface area (Å²) in [6.45, 7) is 4.02. The lowest BCUT2D eigenvalue weighted by molar-refractivity contribution is -0.123. The Morgan fingerprint density at radius 2 is 1.96 bits per heavy atom. The Bertz CT molecular complexity index is 731. The normalized spacial score (nSPS) is 12.0. The minimum atomic E-state index is -0.213. The first kappa shape index (κ1) is 19.2. The van der Waals surface area contributed by atoms with E-state index in [2.05, 4.69) is 26.6 Å². The fourth-order valence-electron chi connectivity index (χ4n) is 2.40. The van der Waals surface area contributed by atoms with Crippen LogP contribution < -0.4 is 10.6 Å². The summed E-state index contributed by atoms with van der Waals surface area (Å²) < 4.78 is 6.22. The van der Waals surface area contributed by atoms with Gasteiger partial charge in [0, 0.05) is 10.2 Å². The van der Waals surface area contributed by atoms with Crippen LogP contribution in [0.1, 0.15) is 24.3 Å². The second kappa shape index (κ2) is 8.82. The van der Waals surface area contributed by atoms with Crippen LogP contribution in [0.25, 0.3) is 0 Å². The number of aryl methyl sites for hydroxylation is 1. The maximum atomic E-state index is 12.1. The molecule has 0 saturated heterocycles. The summed E-state index contributed by atoms with van der Waals surface area (Å²) in [5, 5.41) is 5.70. The summed E-state index contributed by atoms with van der Waals surface area (Å²) in [6, 6.07) is 9.02. The largest absolute Gasteiger partial charge is 0.467 e. The molecule has 25 heavy (non-hydrogen) atoms. The second-order valence-corrected chi connectivity index (χ2v) is 6.90. The summed E-state index contributed by atoms with van der Waals surface area (Å²) in [7, 11) is 1.73. The van der Waals surface area contributed by atoms with Gasteiger partial charge in [-0.05, 0) is 56.8 Å². The molecule has 1 heterocycles. The van der Waals surface area contributed by atoms with Crippen LogP contribution in [0.4, 0.5) is 5.69 Å². The molecule has 2 rings (SSSR count). The Kier molecular flexibility index (Phi) is 6.78. The number of anilines is 1. The van der Waals surface area contributed by atoms with Crippen molar-refractivity contribution in [1.82, 2.24) is 10.2 Å². The van der Waals surface area contributed by atoms with Gasteiger partial charge >= 0.3 is 0 Å². The molecule has 6 nitrogen and oxygen atoms in total. The monoisotopic (exact) mass is 407 g/mol. The van der Waals surface area contributed by atoms with Gasteiger partial charge in [0.25, 0.3) is 0 Å². The molecular formula is C18H22BrN3O3. The standard InChI is InChI=1S/C18H22BrN3O3/c1-12-9-14(19)6-7-15(12)21-18(24)11-22(3)10-17(23)20-13(2)16-5-4-8-25-16/h4-9,13H,10-11H2,1-3H3,(H,20,23)(H,21,24). The summed E-state index contributed by atoms with van der Waals surface area (Å²) in [5.74, 6) is 0.360. The van der Waals surface area contributed by atoms with Gasteiger partial charge in [-0.3, -0.25) is 14.5 Å². The average Bonchev–Trinajstić information content (AvgIpc) is 3.04. The number of furan rings is 1. The van der Waals surface area contributed by atoms with E-state index in [1.54, 1.807) is 24.3 Å². The van der Waals surface area contributed by atoms with Crippen molar-refractivity contribution in [3.63, 3.8) is 0 Å². The molecule has 1 atom stereocenters. The molecule has 0 saturated carbocycles. The molecule has 7 heteroatoms. The first-order valence-corrected chi connectivity index (χ1v) is 8.71. The molecule has 134 valence electrons. The van der Waals surface area contributed by atoms with Crippen molar-refractivity contribution in [3.05, 3.63) is 52.4 Å². The number of rotatable bonds is 7. The van der Waals surface area contributed by atoms with Crippen LogP contribution in [0.3, 0.4) is 0 Å². The molecule has 0 aliphatic carbocycles. The molecule has 0 spiro atoms. The smallest absolute Gasteiger partial charge is 0.238 e. The van der Waals surface area contributed by atoms with Crippen molar-refractivity contribution in [1.29, 1.82) is 0 Å². The van der Waals surface area contributed by atoms with E-state index in [-0.39, 0.29) is 30.9 Å². The zero-order chi connectivity index (χ0) is 18.4. The van der Waals surface area contributed by atoms with Gasteiger partial charge in [-0.1, -0.05) is 15.9 Å². The minimum Gasteiger partial charge on any atom is -0.467 e. The van der Waals surface area contributed by atoms with Crippen LogP contribution in [0, 0.1) is 6.92 Å². The highest BCUT2D eigenvalue weighted by atomic mass is 79.9. The molecule has 2 aromatic rings. The fourth-order valence-corrected chi connectivity index (χ4v) is 2.87. The van der Waals surface area contributed by atoms with Crippen molar-refractivity contribution >= 4 is 33.4 Å². The van der Waals surface area contributed by atoms with Gasteiger partial charge in [-0.25, -0.2) is 0 Å². The average molecular weight is 408 g/mol. The molecule has 1 unspecified atom stereocenters. The van der Waals surface area contributed by atoms with E-state index < -0.39 is 0 Å². The number of hydrogen-bond acceptors (Lipinski definition) is 4. The highest BCUT2D eigenvalue weighted by molar-refractivity contribution is 9.10. The number of nitrogens with one attached hydrogen (secondary N) is 2. The van der Waals surface area contributed by atoms with Gasteiger partial charge in [0.2, 0.25) is 11.8 Å². The first-order valence-electron chi connectivity index (χ1n) is 7.92. The van der Waals surface area contributed by atoms with E-state index in [9.17, 15) is 9.59 Å². The van der Waals surface area contributed by atoms with Crippen molar-refractivity contribution in [2.75, 3.05) is 25.5 Å². The predicted octanol–water partition coefficient (Wildman–Crippen LogP) is 3.10. The van der Waals surface area contributed by atoms with E-state index in [1.807, 2.05) is 38.1 Å². The number of likely N-dealkylation sites (N-methyl/N-ethyl adjacent to an activating group) is 1. The van der Waals surface area contributed by atoms with Crippen LogP contribution in [0.2, 0.25) is 0 Å². The number of nitrogens with zero attached hydrogens (tertiary/aromatic N) is 1. The van der Waals surface area contributed by atoms with Crippen LogP contribution in [-0.2, 0) is 9.59 Å². The lowest BCUT2D eigenvalue weighted by Crippen LogP contribution is -2.39. The Morgan fingerprint density at radius 1 is 1.24 bits per heavy atom. The molecule has 0 radical (unpaired) electrons. The van der Waals surface area contributed by atoms with Gasteiger partial charge < -0.3 is 15.1 Å². The van der Waals surface area contributed by atoms with Crippen molar-refractivity contribution in [3.8, 4) is 0 Å². The Hall–Kier alpha value is -2.12.